The first kappa shape index (κ1) is 18.5. The molecule has 14 heavy (non-hydrogen) atoms. The van der Waals surface area contributed by atoms with Crippen molar-refractivity contribution < 1.29 is 36.6 Å². The maximum atomic E-state index is 8.89. The van der Waals surface area contributed by atoms with Crippen LogP contribution in [0.4, 0.5) is 0 Å². The van der Waals surface area contributed by atoms with E-state index in [9.17, 15) is 0 Å². The maximum Gasteiger partial charge on any atom is 0.124 e. The van der Waals surface area contributed by atoms with Crippen molar-refractivity contribution in [1.29, 1.82) is 0 Å². The van der Waals surface area contributed by atoms with Crippen LogP contribution in [0.25, 0.3) is 0 Å². The van der Waals surface area contributed by atoms with Crippen LogP contribution >= 0.6 is 0 Å². The average molecular weight is 211 g/mol. The molecule has 0 atom stereocenters. The van der Waals surface area contributed by atoms with Gasteiger partial charge in [0.1, 0.15) is 6.54 Å². The fourth-order valence-electron chi connectivity index (χ4n) is 0.141. The molecule has 0 unspecified atom stereocenters. The fourth-order valence-corrected chi connectivity index (χ4v) is 0.141. The second-order valence-corrected chi connectivity index (χ2v) is 2.10. The average Bonchev–Trinajstić information content (AvgIpc) is 1.82. The number of aliphatic hydroxyl groups is 1. The second kappa shape index (κ2) is 14.3. The number of carboxylic acids is 2. The van der Waals surface area contributed by atoms with Crippen LogP contribution in [0.1, 0.15) is 13.8 Å². The van der Waals surface area contributed by atoms with Gasteiger partial charge in [0, 0.05) is 11.9 Å². The van der Waals surface area contributed by atoms with Gasteiger partial charge in [-0.05, 0) is 19.0 Å². The lowest BCUT2D eigenvalue weighted by Gasteiger charge is -1.94. The van der Waals surface area contributed by atoms with E-state index in [1.165, 1.54) is 5.12 Å². The first-order valence-electron chi connectivity index (χ1n) is 3.58. The molecule has 8 nitrogen and oxygen atoms in total. The Labute approximate surface area is 81.7 Å². The van der Waals surface area contributed by atoms with Crippen LogP contribution in [-0.2, 0) is 9.59 Å². The van der Waals surface area contributed by atoms with Crippen molar-refractivity contribution >= 4 is 11.9 Å². The summed E-state index contributed by atoms with van der Waals surface area (Å²) in [6.07, 6.45) is 0. The third kappa shape index (κ3) is 325. The molecule has 0 aromatic carbocycles. The minimum absolute atomic E-state index is 0.132. The first-order valence-corrected chi connectivity index (χ1v) is 3.58. The number of quaternary nitrogens is 2. The molecule has 0 fully saturated rings. The van der Waals surface area contributed by atoms with Gasteiger partial charge in [-0.1, -0.05) is 0 Å². The standard InChI is InChI=1S/C2H9N3O.2C2H4O2/c3-5(4)1-2-6;2*1-2(3)4/h6H,1-4H2;2*1H3,(H,3,4). The van der Waals surface area contributed by atoms with Crippen LogP contribution in [0.15, 0.2) is 0 Å². The highest BCUT2D eigenvalue weighted by atomic mass is 16.4. The number of hydrogen-bond donors (Lipinski definition) is 3. The number of carbonyl (C=O) groups is 2. The number of carbonyl (C=O) groups excluding carboxylic acids is 2. The van der Waals surface area contributed by atoms with Crippen molar-refractivity contribution in [3.8, 4) is 0 Å². The van der Waals surface area contributed by atoms with E-state index in [-0.39, 0.29) is 6.61 Å². The summed E-state index contributed by atoms with van der Waals surface area (Å²) in [6.45, 7) is 2.62. The molecule has 86 valence electrons. The highest BCUT2D eigenvalue weighted by Crippen LogP contribution is 1.49. The third-order valence-corrected chi connectivity index (χ3v) is 0.416. The molecule has 0 heterocycles. The molecular formula is C6H17N3O5. The highest BCUT2D eigenvalue weighted by Gasteiger charge is 1.89. The molecule has 0 aromatic rings. The van der Waals surface area contributed by atoms with Gasteiger partial charge in [0.25, 0.3) is 0 Å². The predicted octanol–water partition coefficient (Wildman–Crippen LogP) is -5.89. The molecular weight excluding hydrogens is 194 g/mol. The number of hydrogen-bond acceptors (Lipinski definition) is 6. The van der Waals surface area contributed by atoms with Crippen LogP contribution < -0.4 is 21.9 Å². The van der Waals surface area contributed by atoms with E-state index in [4.69, 9.17) is 24.9 Å². The summed E-state index contributed by atoms with van der Waals surface area (Å²) in [6, 6.07) is 0. The summed E-state index contributed by atoms with van der Waals surface area (Å²) in [4.78, 5) is 17.8. The van der Waals surface area contributed by atoms with E-state index in [2.05, 4.69) is 11.7 Å². The predicted molar refractivity (Wildman–Crippen MR) is 40.9 cm³/mol. The Morgan fingerprint density at radius 2 is 1.43 bits per heavy atom. The number of rotatable bonds is 2. The Morgan fingerprint density at radius 3 is 1.43 bits per heavy atom. The van der Waals surface area contributed by atoms with Gasteiger partial charge in [0.15, 0.2) is 0 Å². The van der Waals surface area contributed by atoms with Crippen molar-refractivity contribution in [1.82, 2.24) is 5.12 Å². The summed E-state index contributed by atoms with van der Waals surface area (Å²) >= 11 is 0. The Bertz CT molecular complexity index is 130. The number of aliphatic carboxylic acids is 2. The Kier molecular flexibility index (Phi) is 19.0. The van der Waals surface area contributed by atoms with Crippen LogP contribution in [-0.4, -0.2) is 35.3 Å². The fraction of sp³-hybridized carbons (Fsp3) is 0.667. The minimum Gasteiger partial charge on any atom is -0.550 e. The van der Waals surface area contributed by atoms with Gasteiger partial charge >= 0.3 is 0 Å². The largest absolute Gasteiger partial charge is 0.550 e. The monoisotopic (exact) mass is 211 g/mol. The molecule has 0 aliphatic heterocycles. The molecule has 0 amide bonds. The molecule has 0 aliphatic rings. The number of nitrogens with zero attached hydrogens (tertiary/aromatic N) is 1. The van der Waals surface area contributed by atoms with Gasteiger partial charge in [-0.2, -0.15) is 0 Å². The van der Waals surface area contributed by atoms with E-state index in [0.717, 1.165) is 13.8 Å². The van der Waals surface area contributed by atoms with Crippen LogP contribution in [0.3, 0.4) is 0 Å². The Balaban J connectivity index is -0.000000135. The number of carboxylic acid groups (broad SMARTS) is 2. The van der Waals surface area contributed by atoms with E-state index >= 15 is 0 Å². The smallest absolute Gasteiger partial charge is 0.124 e. The molecule has 8 heteroatoms. The Hall–Kier alpha value is -1.22. The summed E-state index contributed by atoms with van der Waals surface area (Å²) < 4.78 is 0. The Morgan fingerprint density at radius 1 is 1.21 bits per heavy atom. The summed E-state index contributed by atoms with van der Waals surface area (Å²) in [5, 5.41) is 27.3. The van der Waals surface area contributed by atoms with Crippen LogP contribution in [0, 0.1) is 0 Å². The summed E-state index contributed by atoms with van der Waals surface area (Å²) in [5.41, 5.74) is 0. The van der Waals surface area contributed by atoms with E-state index < -0.39 is 11.9 Å². The van der Waals surface area contributed by atoms with Crippen molar-refractivity contribution in [2.75, 3.05) is 13.2 Å². The molecule has 0 saturated carbocycles. The van der Waals surface area contributed by atoms with E-state index in [0.29, 0.717) is 6.54 Å². The van der Waals surface area contributed by atoms with E-state index in [1.54, 1.807) is 0 Å². The van der Waals surface area contributed by atoms with Gasteiger partial charge in [-0.25, -0.2) is 11.7 Å². The maximum absolute atomic E-state index is 8.89. The van der Waals surface area contributed by atoms with E-state index in [1.807, 2.05) is 0 Å². The molecule has 0 saturated heterocycles. The molecule has 0 rings (SSSR count). The molecule has 0 aliphatic carbocycles. The molecule has 0 radical (unpaired) electrons. The summed E-state index contributed by atoms with van der Waals surface area (Å²) in [7, 11) is 0. The SMILES string of the molecule is CC(=O)[O-].CC(=O)[O-].[NH3+]N([NH3+])CCO. The lowest BCUT2D eigenvalue weighted by Crippen LogP contribution is -2.89. The highest BCUT2D eigenvalue weighted by molar-refractivity contribution is 5.60. The third-order valence-electron chi connectivity index (χ3n) is 0.416. The van der Waals surface area contributed by atoms with Gasteiger partial charge < -0.3 is 24.9 Å². The zero-order valence-corrected chi connectivity index (χ0v) is 8.36. The first-order chi connectivity index (χ1) is 6.23. The molecule has 0 aromatic heterocycles. The quantitative estimate of drug-likeness (QED) is 0.385. The van der Waals surface area contributed by atoms with Gasteiger partial charge in [0.05, 0.1) is 6.61 Å². The van der Waals surface area contributed by atoms with Crippen LogP contribution in [0.5, 0.6) is 0 Å². The lowest BCUT2D eigenvalue weighted by atomic mass is 10.7. The van der Waals surface area contributed by atoms with Gasteiger partial charge in [-0.15, -0.1) is 0 Å². The molecule has 0 bridgehead atoms. The van der Waals surface area contributed by atoms with Gasteiger partial charge in [0.2, 0.25) is 0 Å². The molecule has 7 N–H and O–H groups in total. The van der Waals surface area contributed by atoms with Crippen molar-refractivity contribution in [2.24, 2.45) is 0 Å². The number of aliphatic hydroxyl groups excluding tert-OH is 1. The van der Waals surface area contributed by atoms with Crippen molar-refractivity contribution in [3.05, 3.63) is 0 Å². The lowest BCUT2D eigenvalue weighted by molar-refractivity contribution is -0.841. The van der Waals surface area contributed by atoms with Crippen molar-refractivity contribution in [2.45, 2.75) is 13.8 Å². The zero-order valence-electron chi connectivity index (χ0n) is 8.36. The van der Waals surface area contributed by atoms with Crippen LogP contribution in [0.2, 0.25) is 0 Å². The summed E-state index contributed by atoms with van der Waals surface area (Å²) in [5.74, 6) is 4.61. The molecule has 0 spiro atoms. The minimum atomic E-state index is -1.08. The van der Waals surface area contributed by atoms with Crippen molar-refractivity contribution in [3.63, 3.8) is 0 Å². The zero-order chi connectivity index (χ0) is 12.1. The normalized spacial score (nSPS) is 7.86. The topological polar surface area (TPSA) is 159 Å². The second-order valence-electron chi connectivity index (χ2n) is 2.10. The van der Waals surface area contributed by atoms with Gasteiger partial charge in [-0.3, -0.25) is 0 Å².